The van der Waals surface area contributed by atoms with Gasteiger partial charge in [-0.15, -0.1) is 0 Å². The minimum absolute atomic E-state index is 0.0492. The monoisotopic (exact) mass is 421 g/mol. The van der Waals surface area contributed by atoms with E-state index in [9.17, 15) is 14.4 Å². The van der Waals surface area contributed by atoms with Gasteiger partial charge in [0.15, 0.2) is 0 Å². The molecule has 0 aliphatic carbocycles. The third-order valence-electron chi connectivity index (χ3n) is 4.67. The Balaban J connectivity index is 2.14. The largest absolute Gasteiger partial charge is 0.445 e. The van der Waals surface area contributed by atoms with E-state index in [2.05, 4.69) is 5.32 Å². The third kappa shape index (κ3) is 6.35. The number of ether oxygens (including phenoxy) is 2. The van der Waals surface area contributed by atoms with Gasteiger partial charge in [-0.25, -0.2) is 14.7 Å². The number of hydrogen-bond acceptors (Lipinski definition) is 6. The van der Waals surface area contributed by atoms with Crippen LogP contribution in [0.3, 0.4) is 0 Å². The lowest BCUT2D eigenvalue weighted by Crippen LogP contribution is -2.67. The van der Waals surface area contributed by atoms with Gasteiger partial charge in [0.2, 0.25) is 0 Å². The zero-order valence-corrected chi connectivity index (χ0v) is 18.3. The normalized spacial score (nSPS) is 19.0. The number of likely N-dealkylation sites (N-methyl/N-ethyl adjacent to an activating group) is 1. The van der Waals surface area contributed by atoms with Gasteiger partial charge >= 0.3 is 12.2 Å². The highest BCUT2D eigenvalue weighted by molar-refractivity contribution is 5.90. The predicted molar refractivity (Wildman–Crippen MR) is 109 cm³/mol. The fourth-order valence-corrected chi connectivity index (χ4v) is 3.24. The van der Waals surface area contributed by atoms with E-state index in [1.807, 2.05) is 30.3 Å². The van der Waals surface area contributed by atoms with Crippen LogP contribution < -0.4 is 5.32 Å². The number of nitrogens with one attached hydrogen (secondary N) is 1. The van der Waals surface area contributed by atoms with Crippen molar-refractivity contribution in [2.24, 2.45) is 0 Å². The van der Waals surface area contributed by atoms with Gasteiger partial charge in [0.1, 0.15) is 17.7 Å². The third-order valence-corrected chi connectivity index (χ3v) is 4.67. The minimum atomic E-state index is -1.38. The summed E-state index contributed by atoms with van der Waals surface area (Å²) >= 11 is 0. The highest BCUT2D eigenvalue weighted by Gasteiger charge is 2.47. The first-order valence-electron chi connectivity index (χ1n) is 9.85. The fraction of sp³-hybridized carbons (Fsp3) is 0.571. The number of carbonyl (C=O) groups excluding carboxylic acids is 3. The molecular formula is C21H31N3O6. The Hall–Kier alpha value is -2.81. The van der Waals surface area contributed by atoms with Crippen molar-refractivity contribution in [3.8, 4) is 0 Å². The maximum atomic E-state index is 13.1. The van der Waals surface area contributed by atoms with Crippen molar-refractivity contribution in [1.82, 2.24) is 15.3 Å². The molecule has 1 aliphatic rings. The number of hydrogen-bond donors (Lipinski definition) is 1. The van der Waals surface area contributed by atoms with Crippen LogP contribution in [0.2, 0.25) is 0 Å². The first-order valence-corrected chi connectivity index (χ1v) is 9.85. The quantitative estimate of drug-likeness (QED) is 0.734. The molecule has 1 aliphatic heterocycles. The molecule has 0 spiro atoms. The minimum Gasteiger partial charge on any atom is -0.445 e. The van der Waals surface area contributed by atoms with Crippen LogP contribution in [0.4, 0.5) is 9.59 Å². The van der Waals surface area contributed by atoms with Crippen LogP contribution in [0.25, 0.3) is 0 Å². The average Bonchev–Trinajstić information content (AvgIpc) is 2.70. The number of benzene rings is 1. The maximum absolute atomic E-state index is 13.1. The van der Waals surface area contributed by atoms with E-state index in [1.54, 1.807) is 20.8 Å². The molecular weight excluding hydrogens is 390 g/mol. The highest BCUT2D eigenvalue weighted by Crippen LogP contribution is 2.25. The second-order valence-electron chi connectivity index (χ2n) is 8.26. The van der Waals surface area contributed by atoms with Gasteiger partial charge in [0.05, 0.1) is 13.7 Å². The van der Waals surface area contributed by atoms with Gasteiger partial charge in [-0.1, -0.05) is 30.3 Å². The lowest BCUT2D eigenvalue weighted by Gasteiger charge is -2.42. The summed E-state index contributed by atoms with van der Waals surface area (Å²) in [6.45, 7) is 5.68. The summed E-state index contributed by atoms with van der Waals surface area (Å²) < 4.78 is 10.7. The first kappa shape index (κ1) is 23.5. The Morgan fingerprint density at radius 2 is 1.87 bits per heavy atom. The number of alkyl carbamates (subject to hydrolysis) is 1. The van der Waals surface area contributed by atoms with Gasteiger partial charge in [0, 0.05) is 13.6 Å². The number of piperidine rings is 1. The fourth-order valence-electron chi connectivity index (χ4n) is 3.24. The molecule has 1 unspecified atom stereocenters. The SMILES string of the molecule is CON(C)C(=O)C1(NC(=O)OC(C)(C)C)CCCN(C(=O)OCc2ccccc2)C1. The molecule has 0 aromatic heterocycles. The molecule has 1 N–H and O–H groups in total. The van der Waals surface area contributed by atoms with E-state index in [1.165, 1.54) is 19.1 Å². The summed E-state index contributed by atoms with van der Waals surface area (Å²) in [5, 5.41) is 3.72. The Morgan fingerprint density at radius 1 is 1.20 bits per heavy atom. The lowest BCUT2D eigenvalue weighted by atomic mass is 9.88. The number of rotatable bonds is 5. The molecule has 1 fully saturated rings. The number of hydroxylamine groups is 2. The van der Waals surface area contributed by atoms with Crippen molar-refractivity contribution in [3.63, 3.8) is 0 Å². The molecule has 30 heavy (non-hydrogen) atoms. The molecule has 3 amide bonds. The van der Waals surface area contributed by atoms with Crippen LogP contribution in [-0.4, -0.2) is 66.4 Å². The van der Waals surface area contributed by atoms with Crippen LogP contribution in [0.15, 0.2) is 30.3 Å². The Labute approximate surface area is 177 Å². The molecule has 9 heteroatoms. The smallest absolute Gasteiger partial charge is 0.410 e. The van der Waals surface area contributed by atoms with Gasteiger partial charge in [0.25, 0.3) is 5.91 Å². The Bertz CT molecular complexity index is 749. The maximum Gasteiger partial charge on any atom is 0.410 e. The van der Waals surface area contributed by atoms with Gasteiger partial charge in [-0.05, 0) is 39.2 Å². The van der Waals surface area contributed by atoms with Crippen molar-refractivity contribution in [3.05, 3.63) is 35.9 Å². The molecule has 2 rings (SSSR count). The molecule has 1 atom stereocenters. The van der Waals surface area contributed by atoms with Crippen molar-refractivity contribution >= 4 is 18.1 Å². The molecule has 9 nitrogen and oxygen atoms in total. The van der Waals surface area contributed by atoms with Crippen molar-refractivity contribution in [1.29, 1.82) is 0 Å². The van der Waals surface area contributed by atoms with E-state index in [0.717, 1.165) is 10.6 Å². The van der Waals surface area contributed by atoms with Crippen molar-refractivity contribution < 1.29 is 28.7 Å². The predicted octanol–water partition coefficient (Wildman–Crippen LogP) is 2.70. The molecule has 1 heterocycles. The molecule has 0 saturated carbocycles. The number of nitrogens with zero attached hydrogens (tertiary/aromatic N) is 2. The second kappa shape index (κ2) is 9.80. The molecule has 1 aromatic rings. The first-order chi connectivity index (χ1) is 14.1. The van der Waals surface area contributed by atoms with Crippen molar-refractivity contribution in [2.45, 2.75) is 51.4 Å². The summed E-state index contributed by atoms with van der Waals surface area (Å²) in [4.78, 5) is 44.6. The van der Waals surface area contributed by atoms with Crippen LogP contribution in [-0.2, 0) is 25.7 Å². The molecule has 0 bridgehead atoms. The average molecular weight is 421 g/mol. The van der Waals surface area contributed by atoms with E-state index in [4.69, 9.17) is 14.3 Å². The number of amides is 3. The van der Waals surface area contributed by atoms with Gasteiger partial charge < -0.3 is 19.7 Å². The van der Waals surface area contributed by atoms with Gasteiger partial charge in [-0.3, -0.25) is 9.63 Å². The zero-order valence-electron chi connectivity index (χ0n) is 18.3. The summed E-state index contributed by atoms with van der Waals surface area (Å²) in [7, 11) is 2.81. The van der Waals surface area contributed by atoms with Gasteiger partial charge in [-0.2, -0.15) is 0 Å². The van der Waals surface area contributed by atoms with E-state index in [-0.39, 0.29) is 13.2 Å². The summed E-state index contributed by atoms with van der Waals surface area (Å²) in [6, 6.07) is 9.31. The molecule has 166 valence electrons. The van der Waals surface area contributed by atoms with Crippen LogP contribution in [0, 0.1) is 0 Å². The van der Waals surface area contributed by atoms with Crippen LogP contribution in [0.1, 0.15) is 39.2 Å². The standard InChI is InChI=1S/C21H31N3O6/c1-20(2,3)30-18(26)22-21(17(25)23(4)28-5)12-9-13-24(15-21)19(27)29-14-16-10-7-6-8-11-16/h6-8,10-11H,9,12-15H2,1-5H3,(H,22,26). The Morgan fingerprint density at radius 3 is 2.47 bits per heavy atom. The summed E-state index contributed by atoms with van der Waals surface area (Å²) in [5.41, 5.74) is -1.25. The topological polar surface area (TPSA) is 97.4 Å². The molecule has 1 aromatic carbocycles. The Kier molecular flexibility index (Phi) is 7.66. The molecule has 1 saturated heterocycles. The van der Waals surface area contributed by atoms with Crippen molar-refractivity contribution in [2.75, 3.05) is 27.2 Å². The molecule has 0 radical (unpaired) electrons. The van der Waals surface area contributed by atoms with E-state index in [0.29, 0.717) is 19.4 Å². The van der Waals surface area contributed by atoms with E-state index >= 15 is 0 Å². The highest BCUT2D eigenvalue weighted by atomic mass is 16.7. The zero-order chi connectivity index (χ0) is 22.4. The number of carbonyl (C=O) groups is 3. The second-order valence-corrected chi connectivity index (χ2v) is 8.26. The van der Waals surface area contributed by atoms with Crippen LogP contribution >= 0.6 is 0 Å². The summed E-state index contributed by atoms with van der Waals surface area (Å²) in [5.74, 6) is -0.476. The lowest BCUT2D eigenvalue weighted by molar-refractivity contribution is -0.178. The summed E-state index contributed by atoms with van der Waals surface area (Å²) in [6.07, 6.45) is -0.456. The van der Waals surface area contributed by atoms with E-state index < -0.39 is 29.2 Å². The van der Waals surface area contributed by atoms with Crippen LogP contribution in [0.5, 0.6) is 0 Å². The number of likely N-dealkylation sites (tertiary alicyclic amines) is 1.